The predicted octanol–water partition coefficient (Wildman–Crippen LogP) is 2.40. The first kappa shape index (κ1) is 12.4. The van der Waals surface area contributed by atoms with Gasteiger partial charge in [0, 0.05) is 12.0 Å². The molecule has 1 aliphatic carbocycles. The molecule has 4 aliphatic rings. The minimum absolute atomic E-state index is 0.461. The minimum atomic E-state index is 0.461. The van der Waals surface area contributed by atoms with Crippen molar-refractivity contribution in [2.24, 2.45) is 17.3 Å². The Morgan fingerprint density at radius 2 is 2.22 bits per heavy atom. The topological polar surface area (TPSA) is 6.25 Å². The Kier molecular flexibility index (Phi) is 2.89. The second kappa shape index (κ2) is 4.19. The first-order valence-electron chi connectivity index (χ1n) is 7.61. The van der Waals surface area contributed by atoms with Crippen LogP contribution in [0.4, 0.5) is 0 Å². The van der Waals surface area contributed by atoms with E-state index in [0.29, 0.717) is 17.4 Å². The number of likely N-dealkylation sites (N-methyl/N-ethyl adjacent to an activating group) is 1. The average molecular weight is 247 g/mol. The number of hydrogen-bond donors (Lipinski definition) is 0. The highest BCUT2D eigenvalue weighted by Crippen LogP contribution is 2.51. The molecule has 1 fully saturated rings. The van der Waals surface area contributed by atoms with Crippen LogP contribution in [0.5, 0.6) is 0 Å². The molecule has 0 unspecified atom stereocenters. The second-order valence-electron chi connectivity index (χ2n) is 6.64. The molecule has 3 heterocycles. The van der Waals surface area contributed by atoms with Gasteiger partial charge in [0.05, 0.1) is 5.92 Å². The molecular formula is C16H27N2+. The Balaban J connectivity index is 2.01. The van der Waals surface area contributed by atoms with E-state index in [1.807, 2.05) is 0 Å². The average Bonchev–Trinajstić information content (AvgIpc) is 2.36. The van der Waals surface area contributed by atoms with Gasteiger partial charge in [-0.2, -0.15) is 0 Å². The van der Waals surface area contributed by atoms with Crippen LogP contribution in [0.15, 0.2) is 11.6 Å². The van der Waals surface area contributed by atoms with Gasteiger partial charge in [-0.25, -0.2) is 4.58 Å². The summed E-state index contributed by atoms with van der Waals surface area (Å²) >= 11 is 0. The molecule has 2 heteroatoms. The number of likely N-dealkylation sites (tertiary alicyclic amines) is 1. The van der Waals surface area contributed by atoms with Crippen molar-refractivity contribution >= 4 is 6.21 Å². The maximum atomic E-state index is 2.65. The van der Waals surface area contributed by atoms with Crippen LogP contribution in [0.1, 0.15) is 34.1 Å². The summed E-state index contributed by atoms with van der Waals surface area (Å²) in [4.78, 5) is 2.65. The first-order valence-corrected chi connectivity index (χ1v) is 7.61. The van der Waals surface area contributed by atoms with Crippen molar-refractivity contribution in [1.29, 1.82) is 0 Å². The molecule has 0 N–H and O–H groups in total. The molecule has 3 aliphatic heterocycles. The van der Waals surface area contributed by atoms with Gasteiger partial charge in [0.25, 0.3) is 0 Å². The molecule has 0 aromatic heterocycles. The molecule has 18 heavy (non-hydrogen) atoms. The lowest BCUT2D eigenvalue weighted by Gasteiger charge is -2.54. The molecule has 0 aromatic carbocycles. The van der Waals surface area contributed by atoms with E-state index in [2.05, 4.69) is 49.5 Å². The fraction of sp³-hybridized carbons (Fsp3) is 0.812. The number of piperidine rings is 1. The summed E-state index contributed by atoms with van der Waals surface area (Å²) in [5.74, 6) is 1.57. The molecule has 0 aromatic rings. The van der Waals surface area contributed by atoms with Gasteiger partial charge in [-0.1, -0.05) is 19.9 Å². The molecule has 4 rings (SSSR count). The van der Waals surface area contributed by atoms with E-state index < -0.39 is 0 Å². The Morgan fingerprint density at radius 3 is 2.89 bits per heavy atom. The van der Waals surface area contributed by atoms with Gasteiger partial charge in [-0.15, -0.1) is 0 Å². The normalized spacial score (nSPS) is 43.4. The Morgan fingerprint density at radius 1 is 1.44 bits per heavy atom. The van der Waals surface area contributed by atoms with Gasteiger partial charge in [0.1, 0.15) is 12.8 Å². The van der Waals surface area contributed by atoms with Crippen LogP contribution in [-0.2, 0) is 0 Å². The van der Waals surface area contributed by atoms with Crippen LogP contribution in [-0.4, -0.2) is 47.9 Å². The minimum Gasteiger partial charge on any atom is -0.303 e. The molecule has 1 saturated heterocycles. The van der Waals surface area contributed by atoms with Crippen LogP contribution in [0.25, 0.3) is 0 Å². The molecule has 0 saturated carbocycles. The lowest BCUT2D eigenvalue weighted by molar-refractivity contribution is -0.581. The molecule has 0 amide bonds. The monoisotopic (exact) mass is 247 g/mol. The number of hydrogen-bond acceptors (Lipinski definition) is 1. The van der Waals surface area contributed by atoms with Crippen molar-refractivity contribution in [1.82, 2.24) is 4.90 Å². The lowest BCUT2D eigenvalue weighted by atomic mass is 9.56. The SMILES string of the molecule is CCN1CC[C@H]2[C@H]3C=C(C)[C@H]([N+](CC)=C3)[C@@]2(C)C1. The van der Waals surface area contributed by atoms with Crippen molar-refractivity contribution in [3.8, 4) is 0 Å². The third-order valence-corrected chi connectivity index (χ3v) is 5.65. The quantitative estimate of drug-likeness (QED) is 0.536. The summed E-state index contributed by atoms with van der Waals surface area (Å²) in [5, 5.41) is 0. The highest BCUT2D eigenvalue weighted by molar-refractivity contribution is 5.63. The van der Waals surface area contributed by atoms with Gasteiger partial charge < -0.3 is 4.90 Å². The Hall–Kier alpha value is -0.630. The van der Waals surface area contributed by atoms with Crippen molar-refractivity contribution in [3.05, 3.63) is 11.6 Å². The highest BCUT2D eigenvalue weighted by Gasteiger charge is 2.58. The molecule has 100 valence electrons. The van der Waals surface area contributed by atoms with Crippen LogP contribution in [0.2, 0.25) is 0 Å². The summed E-state index contributed by atoms with van der Waals surface area (Å²) in [6.07, 6.45) is 6.44. The molecule has 0 radical (unpaired) electrons. The van der Waals surface area contributed by atoms with Gasteiger partial charge in [0.15, 0.2) is 6.04 Å². The van der Waals surface area contributed by atoms with E-state index in [1.165, 1.54) is 26.1 Å². The summed E-state index contributed by atoms with van der Waals surface area (Å²) in [7, 11) is 0. The van der Waals surface area contributed by atoms with Crippen molar-refractivity contribution in [2.45, 2.75) is 40.2 Å². The van der Waals surface area contributed by atoms with Crippen LogP contribution in [0, 0.1) is 17.3 Å². The van der Waals surface area contributed by atoms with Crippen LogP contribution >= 0.6 is 0 Å². The van der Waals surface area contributed by atoms with Crippen molar-refractivity contribution in [3.63, 3.8) is 0 Å². The summed E-state index contributed by atoms with van der Waals surface area (Å²) in [6, 6.07) is 0.645. The molecule has 2 nitrogen and oxygen atoms in total. The standard InChI is InChI=1S/C16H27N2/c1-5-17-8-7-14-13-9-12(3)15(16(14,4)11-17)18(6-2)10-13/h9-10,13-15H,5-8,11H2,1-4H3/q+1/t13-,14-,15-,16-/m0/s1. The summed E-state index contributed by atoms with van der Waals surface area (Å²) in [5.41, 5.74) is 2.07. The molecule has 2 bridgehead atoms. The lowest BCUT2D eigenvalue weighted by Crippen LogP contribution is -2.63. The predicted molar refractivity (Wildman–Crippen MR) is 76.2 cm³/mol. The van der Waals surface area contributed by atoms with Crippen LogP contribution < -0.4 is 0 Å². The molecule has 4 atom stereocenters. The van der Waals surface area contributed by atoms with Gasteiger partial charge in [0.2, 0.25) is 0 Å². The molecule has 0 spiro atoms. The Labute approximate surface area is 111 Å². The zero-order valence-electron chi connectivity index (χ0n) is 12.3. The van der Waals surface area contributed by atoms with E-state index in [4.69, 9.17) is 0 Å². The third-order valence-electron chi connectivity index (χ3n) is 5.65. The number of allylic oxidation sites excluding steroid dienone is 1. The maximum absolute atomic E-state index is 2.65. The Bertz CT molecular complexity index is 409. The zero-order chi connectivity index (χ0) is 12.9. The van der Waals surface area contributed by atoms with E-state index in [1.54, 1.807) is 5.57 Å². The summed E-state index contributed by atoms with van der Waals surface area (Å²) in [6.45, 7) is 14.4. The fourth-order valence-corrected chi connectivity index (χ4v) is 4.93. The van der Waals surface area contributed by atoms with E-state index >= 15 is 0 Å². The van der Waals surface area contributed by atoms with Gasteiger partial charge >= 0.3 is 0 Å². The van der Waals surface area contributed by atoms with Gasteiger partial charge in [-0.05, 0) is 44.8 Å². The largest absolute Gasteiger partial charge is 0.303 e. The zero-order valence-corrected chi connectivity index (χ0v) is 12.3. The van der Waals surface area contributed by atoms with Gasteiger partial charge in [-0.3, -0.25) is 0 Å². The third kappa shape index (κ3) is 1.54. The highest BCUT2D eigenvalue weighted by atomic mass is 15.2. The smallest absolute Gasteiger partial charge is 0.180 e. The van der Waals surface area contributed by atoms with Crippen molar-refractivity contribution < 1.29 is 4.58 Å². The fourth-order valence-electron chi connectivity index (χ4n) is 4.93. The summed E-state index contributed by atoms with van der Waals surface area (Å²) < 4.78 is 2.61. The van der Waals surface area contributed by atoms with E-state index in [0.717, 1.165) is 12.5 Å². The number of nitrogens with zero attached hydrogens (tertiary/aromatic N) is 2. The van der Waals surface area contributed by atoms with Crippen molar-refractivity contribution in [2.75, 3.05) is 26.2 Å². The number of rotatable bonds is 2. The van der Waals surface area contributed by atoms with E-state index in [-0.39, 0.29) is 0 Å². The van der Waals surface area contributed by atoms with E-state index in [9.17, 15) is 0 Å². The molecular weight excluding hydrogens is 220 g/mol. The first-order chi connectivity index (χ1) is 8.60. The van der Waals surface area contributed by atoms with Crippen LogP contribution in [0.3, 0.4) is 0 Å². The second-order valence-corrected chi connectivity index (χ2v) is 6.64. The maximum Gasteiger partial charge on any atom is 0.180 e.